The van der Waals surface area contributed by atoms with Crippen molar-refractivity contribution in [2.75, 3.05) is 5.32 Å². The van der Waals surface area contributed by atoms with Gasteiger partial charge in [-0.1, -0.05) is 40.2 Å². The average Bonchev–Trinajstić information content (AvgIpc) is 2.60. The lowest BCUT2D eigenvalue weighted by molar-refractivity contribution is -0.384. The molecule has 0 atom stereocenters. The highest BCUT2D eigenvalue weighted by Crippen LogP contribution is 2.18. The monoisotopic (exact) mass is 400 g/mol. The molecule has 2 aromatic rings. The second-order valence-electron chi connectivity index (χ2n) is 4.90. The Kier molecular flexibility index (Phi) is 6.26. The molecule has 0 saturated carbocycles. The Morgan fingerprint density at radius 1 is 1.28 bits per heavy atom. The van der Waals surface area contributed by atoms with Crippen molar-refractivity contribution in [2.45, 2.75) is 6.54 Å². The van der Waals surface area contributed by atoms with E-state index in [-0.39, 0.29) is 16.9 Å². The molecule has 2 N–H and O–H groups in total. The molecule has 0 unspecified atom stereocenters. The molecule has 0 aliphatic rings. The molecule has 0 saturated heterocycles. The Balaban J connectivity index is 2.03. The van der Waals surface area contributed by atoms with Gasteiger partial charge in [0, 0.05) is 35.0 Å². The molecular formula is C17H13BrN4O3. The first-order chi connectivity index (χ1) is 12.0. The molecular weight excluding hydrogens is 388 g/mol. The van der Waals surface area contributed by atoms with Crippen LogP contribution in [-0.2, 0) is 11.3 Å². The molecule has 0 radical (unpaired) electrons. The number of nitro groups is 1. The van der Waals surface area contributed by atoms with E-state index in [1.54, 1.807) is 6.07 Å². The minimum Gasteiger partial charge on any atom is -0.386 e. The van der Waals surface area contributed by atoms with Crippen LogP contribution >= 0.6 is 15.9 Å². The molecule has 0 aliphatic carbocycles. The number of hydrogen-bond acceptors (Lipinski definition) is 5. The average molecular weight is 401 g/mol. The lowest BCUT2D eigenvalue weighted by Crippen LogP contribution is -2.16. The quantitative estimate of drug-likeness (QED) is 0.333. The van der Waals surface area contributed by atoms with Gasteiger partial charge in [0.15, 0.2) is 0 Å². The summed E-state index contributed by atoms with van der Waals surface area (Å²) in [6.07, 6.45) is 1.31. The number of amides is 1. The summed E-state index contributed by atoms with van der Waals surface area (Å²) in [5.74, 6) is -0.650. The molecule has 2 aromatic carbocycles. The number of carbonyl (C=O) groups is 1. The highest BCUT2D eigenvalue weighted by molar-refractivity contribution is 9.10. The number of benzene rings is 2. The van der Waals surface area contributed by atoms with Gasteiger partial charge in [-0.15, -0.1) is 0 Å². The summed E-state index contributed by atoms with van der Waals surface area (Å²) in [7, 11) is 0. The molecule has 0 fully saturated rings. The SMILES string of the molecule is N#C/C(=C/NCc1ccccc1Br)C(=O)Nc1cccc([N+](=O)[O-])c1. The van der Waals surface area contributed by atoms with Gasteiger partial charge in [-0.25, -0.2) is 0 Å². The standard InChI is InChI=1S/C17H13BrN4O3/c18-16-7-2-1-4-12(16)10-20-11-13(9-19)17(23)21-14-5-3-6-15(8-14)22(24)25/h1-8,11,20H,10H2,(H,21,23)/b13-11-. The largest absolute Gasteiger partial charge is 0.386 e. The van der Waals surface area contributed by atoms with Crippen molar-refractivity contribution in [3.8, 4) is 6.07 Å². The van der Waals surface area contributed by atoms with Crippen molar-refractivity contribution in [1.29, 1.82) is 5.26 Å². The molecule has 1 amide bonds. The van der Waals surface area contributed by atoms with E-state index in [1.807, 2.05) is 24.3 Å². The third-order valence-electron chi connectivity index (χ3n) is 3.18. The third kappa shape index (κ3) is 5.16. The zero-order chi connectivity index (χ0) is 18.2. The molecule has 7 nitrogen and oxygen atoms in total. The van der Waals surface area contributed by atoms with Crippen LogP contribution in [0.25, 0.3) is 0 Å². The maximum Gasteiger partial charge on any atom is 0.271 e. The van der Waals surface area contributed by atoms with E-state index in [4.69, 9.17) is 5.26 Å². The molecule has 0 bridgehead atoms. The first-order valence-electron chi connectivity index (χ1n) is 7.14. The first-order valence-corrected chi connectivity index (χ1v) is 7.93. The van der Waals surface area contributed by atoms with Crippen molar-refractivity contribution in [2.24, 2.45) is 0 Å². The smallest absolute Gasteiger partial charge is 0.271 e. The van der Waals surface area contributed by atoms with Crippen LogP contribution in [0.2, 0.25) is 0 Å². The maximum absolute atomic E-state index is 12.1. The number of rotatable bonds is 6. The van der Waals surface area contributed by atoms with Crippen molar-refractivity contribution in [1.82, 2.24) is 5.32 Å². The fraction of sp³-hybridized carbons (Fsp3) is 0.0588. The second-order valence-corrected chi connectivity index (χ2v) is 5.76. The lowest BCUT2D eigenvalue weighted by atomic mass is 10.2. The fourth-order valence-corrected chi connectivity index (χ4v) is 2.37. The number of non-ortho nitro benzene ring substituents is 1. The van der Waals surface area contributed by atoms with Crippen LogP contribution in [0.15, 0.2) is 64.8 Å². The number of carbonyl (C=O) groups excluding carboxylic acids is 1. The molecule has 0 heterocycles. The lowest BCUT2D eigenvalue weighted by Gasteiger charge is -2.06. The summed E-state index contributed by atoms with van der Waals surface area (Å²) in [6, 6.07) is 14.9. The first kappa shape index (κ1) is 18.2. The van der Waals surface area contributed by atoms with Crippen molar-refractivity contribution >= 4 is 33.2 Å². The number of anilines is 1. The highest BCUT2D eigenvalue weighted by Gasteiger charge is 2.12. The Morgan fingerprint density at radius 2 is 2.04 bits per heavy atom. The van der Waals surface area contributed by atoms with Crippen LogP contribution < -0.4 is 10.6 Å². The zero-order valence-corrected chi connectivity index (χ0v) is 14.5. The Labute approximate surface area is 152 Å². The van der Waals surface area contributed by atoms with Gasteiger partial charge in [-0.05, 0) is 17.7 Å². The Morgan fingerprint density at radius 3 is 2.72 bits per heavy atom. The topological polar surface area (TPSA) is 108 Å². The number of nitrogens with zero attached hydrogens (tertiary/aromatic N) is 2. The van der Waals surface area contributed by atoms with Gasteiger partial charge < -0.3 is 10.6 Å². The summed E-state index contributed by atoms with van der Waals surface area (Å²) >= 11 is 3.41. The molecule has 25 heavy (non-hydrogen) atoms. The maximum atomic E-state index is 12.1. The normalized spacial score (nSPS) is 10.6. The number of nitriles is 1. The predicted molar refractivity (Wildman–Crippen MR) is 96.4 cm³/mol. The highest BCUT2D eigenvalue weighted by atomic mass is 79.9. The van der Waals surface area contributed by atoms with Gasteiger partial charge in [0.2, 0.25) is 0 Å². The minimum absolute atomic E-state index is 0.140. The van der Waals surface area contributed by atoms with Gasteiger partial charge in [0.05, 0.1) is 4.92 Å². The second kappa shape index (κ2) is 8.61. The van der Waals surface area contributed by atoms with E-state index in [9.17, 15) is 14.9 Å². The summed E-state index contributed by atoms with van der Waals surface area (Å²) < 4.78 is 0.912. The molecule has 8 heteroatoms. The summed E-state index contributed by atoms with van der Waals surface area (Å²) in [5, 5.41) is 25.3. The van der Waals surface area contributed by atoms with Crippen LogP contribution in [0.3, 0.4) is 0 Å². The molecule has 0 aromatic heterocycles. The number of halogens is 1. The number of hydrogen-bond donors (Lipinski definition) is 2. The molecule has 0 spiro atoms. The van der Waals surface area contributed by atoms with E-state index in [1.165, 1.54) is 30.5 Å². The number of nitrogens with one attached hydrogen (secondary N) is 2. The van der Waals surface area contributed by atoms with Crippen molar-refractivity contribution < 1.29 is 9.72 Å². The Bertz CT molecular complexity index is 874. The fourth-order valence-electron chi connectivity index (χ4n) is 1.95. The zero-order valence-electron chi connectivity index (χ0n) is 12.9. The van der Waals surface area contributed by atoms with Crippen molar-refractivity contribution in [3.05, 3.63) is 80.5 Å². The van der Waals surface area contributed by atoms with E-state index in [0.717, 1.165) is 10.0 Å². The molecule has 126 valence electrons. The Hall–Kier alpha value is -3.18. The van der Waals surface area contributed by atoms with Gasteiger partial charge in [-0.2, -0.15) is 5.26 Å². The van der Waals surface area contributed by atoms with E-state index >= 15 is 0 Å². The van der Waals surface area contributed by atoms with Crippen molar-refractivity contribution in [3.63, 3.8) is 0 Å². The van der Waals surface area contributed by atoms with E-state index in [2.05, 4.69) is 26.6 Å². The van der Waals surface area contributed by atoms with Crippen LogP contribution in [0.5, 0.6) is 0 Å². The van der Waals surface area contributed by atoms with Gasteiger partial charge in [0.25, 0.3) is 11.6 Å². The van der Waals surface area contributed by atoms with E-state index in [0.29, 0.717) is 6.54 Å². The van der Waals surface area contributed by atoms with Gasteiger partial charge in [-0.3, -0.25) is 14.9 Å². The number of nitro benzene ring substituents is 1. The van der Waals surface area contributed by atoms with Crippen LogP contribution in [0.1, 0.15) is 5.56 Å². The third-order valence-corrected chi connectivity index (χ3v) is 3.95. The predicted octanol–water partition coefficient (Wildman–Crippen LogP) is 3.49. The summed E-state index contributed by atoms with van der Waals surface area (Å²) in [5.41, 5.74) is 0.923. The van der Waals surface area contributed by atoms with Crippen LogP contribution in [0, 0.1) is 21.4 Å². The molecule has 2 rings (SSSR count). The summed E-state index contributed by atoms with van der Waals surface area (Å²) in [4.78, 5) is 22.3. The van der Waals surface area contributed by atoms with Crippen LogP contribution in [-0.4, -0.2) is 10.8 Å². The summed E-state index contributed by atoms with van der Waals surface area (Å²) in [6.45, 7) is 0.427. The van der Waals surface area contributed by atoms with Gasteiger partial charge in [0.1, 0.15) is 11.6 Å². The molecule has 0 aliphatic heterocycles. The van der Waals surface area contributed by atoms with Crippen LogP contribution in [0.4, 0.5) is 11.4 Å². The van der Waals surface area contributed by atoms with E-state index < -0.39 is 10.8 Å². The van der Waals surface area contributed by atoms with Gasteiger partial charge >= 0.3 is 0 Å². The minimum atomic E-state index is -0.650.